The van der Waals surface area contributed by atoms with E-state index in [9.17, 15) is 0 Å². The summed E-state index contributed by atoms with van der Waals surface area (Å²) in [5.74, 6) is 0. The zero-order valence-corrected chi connectivity index (χ0v) is 31.8. The van der Waals surface area contributed by atoms with Crippen LogP contribution in [0.4, 0.5) is 0 Å². The lowest BCUT2D eigenvalue weighted by molar-refractivity contribution is 0.116. The molecule has 4 heteroatoms. The first-order valence-corrected chi connectivity index (χ1v) is 21.9. The second kappa shape index (κ2) is 21.9. The molecule has 0 N–H and O–H groups in total. The lowest BCUT2D eigenvalue weighted by Gasteiger charge is -2.38. The van der Waals surface area contributed by atoms with Gasteiger partial charge in [-0.15, -0.1) is 0 Å². The predicted molar refractivity (Wildman–Crippen MR) is 204 cm³/mol. The second-order valence-corrected chi connectivity index (χ2v) is 20.2. The van der Waals surface area contributed by atoms with Gasteiger partial charge < -0.3 is 13.9 Å². The Morgan fingerprint density at radius 2 is 1.11 bits per heavy atom. The third-order valence-corrected chi connectivity index (χ3v) is 14.8. The van der Waals surface area contributed by atoms with Gasteiger partial charge in [-0.05, 0) is 87.0 Å². The standard InChI is InChI=1S/C43H68O3Si/c1-42(2,3)47(4,5)46-41-30-33-43(36-41,31-22-12-8-6-10-14-24-34-44-37-39-26-18-16-19-27-39)32-23-13-9-7-11-15-25-35-45-38-40-28-20-17-21-29-40/h16-23,26-29,31-32,41H,6-15,24-25,30,33-38H2,1-5H3/b31-22-,32-23-. The van der Waals surface area contributed by atoms with Crippen LogP contribution in [-0.4, -0.2) is 27.6 Å². The summed E-state index contributed by atoms with van der Waals surface area (Å²) in [6.07, 6.45) is 29.0. The fraction of sp³-hybridized carbons (Fsp3) is 0.628. The molecule has 1 saturated carbocycles. The Morgan fingerprint density at radius 3 is 1.57 bits per heavy atom. The number of benzene rings is 2. The Morgan fingerprint density at radius 1 is 0.660 bits per heavy atom. The lowest BCUT2D eigenvalue weighted by atomic mass is 9.84. The van der Waals surface area contributed by atoms with E-state index >= 15 is 0 Å². The minimum absolute atomic E-state index is 0.166. The van der Waals surface area contributed by atoms with Crippen LogP contribution in [0.5, 0.6) is 0 Å². The predicted octanol–water partition coefficient (Wildman–Crippen LogP) is 12.8. The minimum atomic E-state index is -1.76. The van der Waals surface area contributed by atoms with Gasteiger partial charge in [0.2, 0.25) is 0 Å². The fourth-order valence-electron chi connectivity index (χ4n) is 6.27. The van der Waals surface area contributed by atoms with E-state index in [1.54, 1.807) is 0 Å². The number of unbranched alkanes of at least 4 members (excludes halogenated alkanes) is 10. The number of ether oxygens (including phenoxy) is 2. The highest BCUT2D eigenvalue weighted by atomic mass is 28.4. The van der Waals surface area contributed by atoms with Crippen molar-refractivity contribution in [2.45, 2.75) is 155 Å². The van der Waals surface area contributed by atoms with Gasteiger partial charge in [0, 0.05) is 24.7 Å². The molecule has 0 radical (unpaired) electrons. The highest BCUT2D eigenvalue weighted by molar-refractivity contribution is 6.74. The zero-order valence-electron chi connectivity index (χ0n) is 30.8. The van der Waals surface area contributed by atoms with E-state index in [-0.39, 0.29) is 10.5 Å². The Balaban J connectivity index is 1.33. The summed E-state index contributed by atoms with van der Waals surface area (Å²) in [6, 6.07) is 21.0. The monoisotopic (exact) mass is 660 g/mol. The van der Waals surface area contributed by atoms with E-state index in [1.807, 2.05) is 0 Å². The number of hydrogen-bond acceptors (Lipinski definition) is 3. The molecule has 0 bridgehead atoms. The molecule has 0 amide bonds. The topological polar surface area (TPSA) is 27.7 Å². The maximum atomic E-state index is 6.92. The van der Waals surface area contributed by atoms with Crippen molar-refractivity contribution >= 4 is 8.32 Å². The van der Waals surface area contributed by atoms with Gasteiger partial charge in [0.15, 0.2) is 8.32 Å². The largest absolute Gasteiger partial charge is 0.414 e. The van der Waals surface area contributed by atoms with Crippen LogP contribution >= 0.6 is 0 Å². The molecule has 1 aliphatic rings. The van der Waals surface area contributed by atoms with E-state index in [4.69, 9.17) is 13.9 Å². The molecule has 1 fully saturated rings. The Kier molecular flexibility index (Phi) is 18.4. The molecule has 0 spiro atoms. The van der Waals surface area contributed by atoms with Crippen molar-refractivity contribution in [2.24, 2.45) is 5.41 Å². The average molecular weight is 661 g/mol. The van der Waals surface area contributed by atoms with Crippen molar-refractivity contribution in [1.29, 1.82) is 0 Å². The molecular formula is C43H68O3Si. The molecule has 1 aliphatic carbocycles. The third-order valence-electron chi connectivity index (χ3n) is 10.2. The van der Waals surface area contributed by atoms with Crippen LogP contribution in [0.3, 0.4) is 0 Å². The van der Waals surface area contributed by atoms with E-state index in [1.165, 1.54) is 88.2 Å². The van der Waals surface area contributed by atoms with Crippen molar-refractivity contribution in [1.82, 2.24) is 0 Å². The van der Waals surface area contributed by atoms with Crippen LogP contribution in [0.1, 0.15) is 128 Å². The summed E-state index contributed by atoms with van der Waals surface area (Å²) in [5.41, 5.74) is 2.69. The highest BCUT2D eigenvalue weighted by Crippen LogP contribution is 2.46. The second-order valence-electron chi connectivity index (χ2n) is 15.5. The fourth-order valence-corrected chi connectivity index (χ4v) is 7.66. The third kappa shape index (κ3) is 16.3. The first-order chi connectivity index (χ1) is 22.7. The SMILES string of the molecule is CC(C)(C)[Si](C)(C)OC1CCC(/C=C\CCCCCCCOCc2ccccc2)(/C=C\CCCCCCCOCc2ccccc2)C1. The summed E-state index contributed by atoms with van der Waals surface area (Å²) < 4.78 is 18.6. The van der Waals surface area contributed by atoms with Crippen LogP contribution < -0.4 is 0 Å². The van der Waals surface area contributed by atoms with E-state index in [0.29, 0.717) is 6.10 Å². The molecule has 0 aliphatic heterocycles. The molecule has 3 rings (SSSR count). The molecule has 2 aromatic rings. The molecule has 0 saturated heterocycles. The smallest absolute Gasteiger partial charge is 0.192 e. The summed E-state index contributed by atoms with van der Waals surface area (Å²) in [7, 11) is -1.76. The van der Waals surface area contributed by atoms with E-state index in [2.05, 4.69) is 119 Å². The van der Waals surface area contributed by atoms with Gasteiger partial charge in [0.25, 0.3) is 0 Å². The maximum Gasteiger partial charge on any atom is 0.192 e. The molecule has 1 unspecified atom stereocenters. The summed E-state index contributed by atoms with van der Waals surface area (Å²) in [4.78, 5) is 0. The number of allylic oxidation sites excluding steroid dienone is 4. The van der Waals surface area contributed by atoms with Gasteiger partial charge in [-0.3, -0.25) is 0 Å². The Labute approximate surface area is 290 Å². The lowest BCUT2D eigenvalue weighted by Crippen LogP contribution is -2.43. The van der Waals surface area contributed by atoms with Gasteiger partial charge >= 0.3 is 0 Å². The molecule has 3 nitrogen and oxygen atoms in total. The van der Waals surface area contributed by atoms with Gasteiger partial charge in [-0.2, -0.15) is 0 Å². The number of hydrogen-bond donors (Lipinski definition) is 0. The van der Waals surface area contributed by atoms with Crippen LogP contribution in [0.25, 0.3) is 0 Å². The molecule has 262 valence electrons. The van der Waals surface area contributed by atoms with Crippen molar-refractivity contribution < 1.29 is 13.9 Å². The molecular weight excluding hydrogens is 593 g/mol. The average Bonchev–Trinajstić information content (AvgIpc) is 3.44. The van der Waals surface area contributed by atoms with Crippen LogP contribution in [0.2, 0.25) is 18.1 Å². The quantitative estimate of drug-likeness (QED) is 0.0637. The van der Waals surface area contributed by atoms with Gasteiger partial charge in [0.1, 0.15) is 0 Å². The summed E-state index contributed by atoms with van der Waals surface area (Å²) in [5, 5.41) is 0.256. The minimum Gasteiger partial charge on any atom is -0.414 e. The zero-order chi connectivity index (χ0) is 33.7. The Hall–Kier alpha value is -1.98. The molecule has 0 aromatic heterocycles. The van der Waals surface area contributed by atoms with Crippen LogP contribution in [0.15, 0.2) is 85.0 Å². The first-order valence-electron chi connectivity index (χ1n) is 19.0. The van der Waals surface area contributed by atoms with Crippen LogP contribution in [0, 0.1) is 5.41 Å². The van der Waals surface area contributed by atoms with Gasteiger partial charge in [-0.25, -0.2) is 0 Å². The molecule has 47 heavy (non-hydrogen) atoms. The van der Waals surface area contributed by atoms with Crippen molar-refractivity contribution in [3.8, 4) is 0 Å². The summed E-state index contributed by atoms with van der Waals surface area (Å²) >= 11 is 0. The van der Waals surface area contributed by atoms with Gasteiger partial charge in [-0.1, -0.05) is 144 Å². The van der Waals surface area contributed by atoms with E-state index < -0.39 is 8.32 Å². The van der Waals surface area contributed by atoms with Crippen LogP contribution in [-0.2, 0) is 27.1 Å². The van der Waals surface area contributed by atoms with Crippen molar-refractivity contribution in [2.75, 3.05) is 13.2 Å². The number of rotatable bonds is 24. The van der Waals surface area contributed by atoms with Crippen molar-refractivity contribution in [3.63, 3.8) is 0 Å². The normalized spacial score (nSPS) is 16.9. The summed E-state index contributed by atoms with van der Waals surface area (Å²) in [6.45, 7) is 15.1. The molecule has 0 heterocycles. The van der Waals surface area contributed by atoms with E-state index in [0.717, 1.165) is 45.7 Å². The highest BCUT2D eigenvalue weighted by Gasteiger charge is 2.43. The molecule has 1 atom stereocenters. The molecule has 2 aromatic carbocycles. The maximum absolute atomic E-state index is 6.92. The van der Waals surface area contributed by atoms with Crippen molar-refractivity contribution in [3.05, 3.63) is 96.1 Å². The van der Waals surface area contributed by atoms with Gasteiger partial charge in [0.05, 0.1) is 13.2 Å². The Bertz CT molecular complexity index is 1050. The first kappa shape index (κ1) is 39.5.